The fourth-order valence-electron chi connectivity index (χ4n) is 3.10. The molecule has 0 saturated carbocycles. The number of hydrogen-bond donors (Lipinski definition) is 1. The molecule has 1 heterocycles. The van der Waals surface area contributed by atoms with Crippen molar-refractivity contribution in [2.75, 3.05) is 19.6 Å². The van der Waals surface area contributed by atoms with Crippen LogP contribution in [0.25, 0.3) is 0 Å². The molecule has 0 bridgehead atoms. The zero-order valence-corrected chi connectivity index (χ0v) is 13.6. The van der Waals surface area contributed by atoms with Crippen molar-refractivity contribution in [1.82, 2.24) is 10.2 Å². The Morgan fingerprint density at radius 2 is 2.27 bits per heavy atom. The molecule has 1 saturated heterocycles. The second-order valence-electron chi connectivity index (χ2n) is 6.41. The molecule has 1 amide bonds. The highest BCUT2D eigenvalue weighted by atomic mass is 19.1. The van der Waals surface area contributed by atoms with Crippen molar-refractivity contribution >= 4 is 5.91 Å². The molecule has 1 aromatic carbocycles. The number of rotatable bonds is 6. The van der Waals surface area contributed by atoms with Crippen molar-refractivity contribution in [3.05, 3.63) is 35.6 Å². The van der Waals surface area contributed by atoms with Crippen LogP contribution in [0.15, 0.2) is 24.3 Å². The lowest BCUT2D eigenvalue weighted by atomic mass is 10.0. The van der Waals surface area contributed by atoms with E-state index < -0.39 is 0 Å². The fourth-order valence-corrected chi connectivity index (χ4v) is 3.10. The van der Waals surface area contributed by atoms with Crippen LogP contribution in [0.1, 0.15) is 38.7 Å². The second kappa shape index (κ2) is 8.28. The number of hydrogen-bond acceptors (Lipinski definition) is 2. The lowest BCUT2D eigenvalue weighted by Gasteiger charge is -2.33. The minimum Gasteiger partial charge on any atom is -0.355 e. The summed E-state index contributed by atoms with van der Waals surface area (Å²) in [5, 5.41) is 3.01. The van der Waals surface area contributed by atoms with Crippen molar-refractivity contribution in [1.29, 1.82) is 0 Å². The number of nitrogens with one attached hydrogen (secondary N) is 1. The molecule has 1 aliphatic heterocycles. The summed E-state index contributed by atoms with van der Waals surface area (Å²) >= 11 is 0. The minimum atomic E-state index is -0.246. The standard InChI is InChI=1S/C18H27FN2O/c1-14(12-16-7-5-8-17(19)13-16)18(22)20-9-11-21-10-4-3-6-15(21)2/h5,7-8,13-15H,3-4,6,9-12H2,1-2H3,(H,20,22)/t14-,15+/m0/s1. The summed E-state index contributed by atoms with van der Waals surface area (Å²) in [6, 6.07) is 7.10. The highest BCUT2D eigenvalue weighted by molar-refractivity contribution is 5.78. The third-order valence-corrected chi connectivity index (χ3v) is 4.52. The number of carbonyl (C=O) groups excluding carboxylic acids is 1. The molecule has 2 rings (SSSR count). The van der Waals surface area contributed by atoms with Gasteiger partial charge < -0.3 is 5.32 Å². The van der Waals surface area contributed by atoms with Crippen LogP contribution in [0.5, 0.6) is 0 Å². The molecule has 0 unspecified atom stereocenters. The van der Waals surface area contributed by atoms with E-state index in [2.05, 4.69) is 17.1 Å². The molecule has 0 radical (unpaired) electrons. The molecule has 4 heteroatoms. The highest BCUT2D eigenvalue weighted by Gasteiger charge is 2.18. The Morgan fingerprint density at radius 1 is 1.45 bits per heavy atom. The summed E-state index contributed by atoms with van der Waals surface area (Å²) in [7, 11) is 0. The third-order valence-electron chi connectivity index (χ3n) is 4.52. The molecule has 1 aliphatic rings. The number of carbonyl (C=O) groups is 1. The zero-order chi connectivity index (χ0) is 15.9. The Balaban J connectivity index is 1.72. The quantitative estimate of drug-likeness (QED) is 0.876. The fraction of sp³-hybridized carbons (Fsp3) is 0.611. The van der Waals surface area contributed by atoms with Crippen LogP contribution in [0.2, 0.25) is 0 Å². The number of amides is 1. The normalized spacial score (nSPS) is 20.6. The Bertz CT molecular complexity index is 492. The number of benzene rings is 1. The summed E-state index contributed by atoms with van der Waals surface area (Å²) in [6.45, 7) is 6.89. The van der Waals surface area contributed by atoms with Crippen molar-refractivity contribution in [3.8, 4) is 0 Å². The van der Waals surface area contributed by atoms with Gasteiger partial charge in [0, 0.05) is 25.0 Å². The maximum absolute atomic E-state index is 13.2. The van der Waals surface area contributed by atoms with E-state index in [4.69, 9.17) is 0 Å². The molecule has 1 fully saturated rings. The number of halogens is 1. The van der Waals surface area contributed by atoms with Gasteiger partial charge in [-0.1, -0.05) is 25.5 Å². The van der Waals surface area contributed by atoms with Crippen LogP contribution >= 0.6 is 0 Å². The van der Waals surface area contributed by atoms with Gasteiger partial charge in [0.1, 0.15) is 5.82 Å². The molecule has 2 atom stereocenters. The van der Waals surface area contributed by atoms with Crippen molar-refractivity contribution < 1.29 is 9.18 Å². The van der Waals surface area contributed by atoms with Crippen LogP contribution in [0.4, 0.5) is 4.39 Å². The predicted octanol–water partition coefficient (Wildman–Crippen LogP) is 2.99. The molecule has 3 nitrogen and oxygen atoms in total. The molecule has 22 heavy (non-hydrogen) atoms. The maximum atomic E-state index is 13.2. The van der Waals surface area contributed by atoms with Gasteiger partial charge in [0.15, 0.2) is 0 Å². The van der Waals surface area contributed by atoms with E-state index in [-0.39, 0.29) is 17.6 Å². The molecule has 0 aromatic heterocycles. The topological polar surface area (TPSA) is 32.3 Å². The lowest BCUT2D eigenvalue weighted by molar-refractivity contribution is -0.124. The molecule has 0 spiro atoms. The summed E-state index contributed by atoms with van der Waals surface area (Å²) in [4.78, 5) is 14.6. The molecule has 0 aliphatic carbocycles. The van der Waals surface area contributed by atoms with Gasteiger partial charge in [-0.15, -0.1) is 0 Å². The van der Waals surface area contributed by atoms with Crippen molar-refractivity contribution in [3.63, 3.8) is 0 Å². The molecule has 1 aromatic rings. The van der Waals surface area contributed by atoms with Crippen LogP contribution in [-0.4, -0.2) is 36.5 Å². The first-order valence-corrected chi connectivity index (χ1v) is 8.32. The maximum Gasteiger partial charge on any atom is 0.223 e. The van der Waals surface area contributed by atoms with Crippen molar-refractivity contribution in [2.45, 2.75) is 45.6 Å². The van der Waals surface area contributed by atoms with Crippen molar-refractivity contribution in [2.24, 2.45) is 5.92 Å². The Labute approximate surface area is 132 Å². The van der Waals surface area contributed by atoms with Gasteiger partial charge >= 0.3 is 0 Å². The Morgan fingerprint density at radius 3 is 3.00 bits per heavy atom. The van der Waals surface area contributed by atoms with Gasteiger partial charge in [-0.25, -0.2) is 4.39 Å². The predicted molar refractivity (Wildman–Crippen MR) is 87.2 cm³/mol. The van der Waals surface area contributed by atoms with E-state index in [1.807, 2.05) is 13.0 Å². The monoisotopic (exact) mass is 306 g/mol. The molecular formula is C18H27FN2O. The summed E-state index contributed by atoms with van der Waals surface area (Å²) in [6.07, 6.45) is 4.40. The van der Waals surface area contributed by atoms with Gasteiger partial charge in [0.2, 0.25) is 5.91 Å². The van der Waals surface area contributed by atoms with Crippen LogP contribution in [0, 0.1) is 11.7 Å². The third kappa shape index (κ3) is 5.09. The number of nitrogens with zero attached hydrogens (tertiary/aromatic N) is 1. The van der Waals surface area contributed by atoms with Gasteiger partial charge in [-0.3, -0.25) is 9.69 Å². The smallest absolute Gasteiger partial charge is 0.223 e. The van der Waals surface area contributed by atoms with E-state index in [0.717, 1.165) is 18.7 Å². The second-order valence-corrected chi connectivity index (χ2v) is 6.41. The van der Waals surface area contributed by atoms with E-state index in [0.29, 0.717) is 19.0 Å². The van der Waals surface area contributed by atoms with Gasteiger partial charge in [0.25, 0.3) is 0 Å². The first-order chi connectivity index (χ1) is 10.6. The van der Waals surface area contributed by atoms with E-state index >= 15 is 0 Å². The largest absolute Gasteiger partial charge is 0.355 e. The first kappa shape index (κ1) is 16.9. The van der Waals surface area contributed by atoms with E-state index in [9.17, 15) is 9.18 Å². The van der Waals surface area contributed by atoms with E-state index in [1.165, 1.54) is 31.4 Å². The number of piperidine rings is 1. The van der Waals surface area contributed by atoms with Crippen LogP contribution < -0.4 is 5.32 Å². The van der Waals surface area contributed by atoms with Gasteiger partial charge in [-0.2, -0.15) is 0 Å². The number of likely N-dealkylation sites (tertiary alicyclic amines) is 1. The minimum absolute atomic E-state index is 0.0499. The Kier molecular flexibility index (Phi) is 6.37. The molecule has 1 N–H and O–H groups in total. The molecular weight excluding hydrogens is 279 g/mol. The lowest BCUT2D eigenvalue weighted by Crippen LogP contribution is -2.43. The average Bonchev–Trinajstić information content (AvgIpc) is 2.49. The van der Waals surface area contributed by atoms with Gasteiger partial charge in [-0.05, 0) is 50.4 Å². The summed E-state index contributed by atoms with van der Waals surface area (Å²) in [5.41, 5.74) is 0.868. The van der Waals surface area contributed by atoms with Gasteiger partial charge in [0.05, 0.1) is 0 Å². The highest BCUT2D eigenvalue weighted by Crippen LogP contribution is 2.15. The summed E-state index contributed by atoms with van der Waals surface area (Å²) in [5.74, 6) is -0.335. The average molecular weight is 306 g/mol. The molecule has 122 valence electrons. The van der Waals surface area contributed by atoms with Crippen LogP contribution in [-0.2, 0) is 11.2 Å². The van der Waals surface area contributed by atoms with E-state index in [1.54, 1.807) is 6.07 Å². The van der Waals surface area contributed by atoms with Crippen LogP contribution in [0.3, 0.4) is 0 Å². The zero-order valence-electron chi connectivity index (χ0n) is 13.6. The Hall–Kier alpha value is -1.42. The first-order valence-electron chi connectivity index (χ1n) is 8.32. The summed E-state index contributed by atoms with van der Waals surface area (Å²) < 4.78 is 13.2. The SMILES string of the molecule is C[C@@H]1CCCCN1CCNC(=O)[C@@H](C)Cc1cccc(F)c1.